The quantitative estimate of drug-likeness (QED) is 0.483. The number of carbonyl (C=O) groups is 2. The van der Waals surface area contributed by atoms with Crippen molar-refractivity contribution in [2.24, 2.45) is 0 Å². The van der Waals surface area contributed by atoms with E-state index in [1.165, 1.54) is 21.3 Å². The molecular formula is C27H30N2O5. The molecule has 2 N–H and O–H groups in total. The van der Waals surface area contributed by atoms with Gasteiger partial charge in [0.1, 0.15) is 0 Å². The van der Waals surface area contributed by atoms with Crippen LogP contribution < -0.4 is 24.8 Å². The summed E-state index contributed by atoms with van der Waals surface area (Å²) >= 11 is 0. The number of hydrogen-bond acceptors (Lipinski definition) is 5. The zero-order valence-corrected chi connectivity index (χ0v) is 20.3. The number of rotatable bonds is 7. The Kier molecular flexibility index (Phi) is 7.46. The number of nitrogens with one attached hydrogen (secondary N) is 2. The van der Waals surface area contributed by atoms with Crippen molar-refractivity contribution >= 4 is 23.2 Å². The summed E-state index contributed by atoms with van der Waals surface area (Å²) in [7, 11) is 4.47. The van der Waals surface area contributed by atoms with Gasteiger partial charge in [-0.25, -0.2) is 0 Å². The first-order chi connectivity index (χ1) is 16.2. The summed E-state index contributed by atoms with van der Waals surface area (Å²) < 4.78 is 15.9. The summed E-state index contributed by atoms with van der Waals surface area (Å²) in [5, 5.41) is 5.71. The van der Waals surface area contributed by atoms with Crippen molar-refractivity contribution in [3.8, 4) is 17.2 Å². The molecule has 3 rings (SSSR count). The van der Waals surface area contributed by atoms with Crippen LogP contribution in [0.1, 0.15) is 47.1 Å². The molecule has 7 nitrogen and oxygen atoms in total. The second kappa shape index (κ2) is 10.3. The van der Waals surface area contributed by atoms with Crippen LogP contribution in [0.15, 0.2) is 60.7 Å². The molecule has 0 saturated heterocycles. The SMILES string of the molecule is COc1cc(C(=O)Nc2cccc(NC(=O)c3ccc(C(C)(C)C)cc3)c2)cc(OC)c1OC. The highest BCUT2D eigenvalue weighted by Crippen LogP contribution is 2.38. The molecule has 0 aliphatic carbocycles. The Morgan fingerprint density at radius 3 is 1.62 bits per heavy atom. The van der Waals surface area contributed by atoms with Crippen LogP contribution in [-0.4, -0.2) is 33.1 Å². The van der Waals surface area contributed by atoms with Gasteiger partial charge in [0.15, 0.2) is 11.5 Å². The van der Waals surface area contributed by atoms with Gasteiger partial charge in [-0.3, -0.25) is 9.59 Å². The van der Waals surface area contributed by atoms with E-state index in [4.69, 9.17) is 14.2 Å². The van der Waals surface area contributed by atoms with Crippen molar-refractivity contribution in [1.82, 2.24) is 0 Å². The summed E-state index contributed by atoms with van der Waals surface area (Å²) in [6.07, 6.45) is 0. The van der Waals surface area contributed by atoms with Crippen molar-refractivity contribution in [2.45, 2.75) is 26.2 Å². The van der Waals surface area contributed by atoms with Crippen molar-refractivity contribution in [3.63, 3.8) is 0 Å². The van der Waals surface area contributed by atoms with Crippen molar-refractivity contribution in [1.29, 1.82) is 0 Å². The predicted molar refractivity (Wildman–Crippen MR) is 134 cm³/mol. The first-order valence-corrected chi connectivity index (χ1v) is 10.8. The maximum absolute atomic E-state index is 12.9. The molecule has 0 aliphatic rings. The summed E-state index contributed by atoms with van der Waals surface area (Å²) in [5.74, 6) is 0.576. The Morgan fingerprint density at radius 1 is 0.676 bits per heavy atom. The fourth-order valence-electron chi connectivity index (χ4n) is 3.42. The molecule has 178 valence electrons. The Labute approximate surface area is 200 Å². The minimum absolute atomic E-state index is 0.0134. The summed E-state index contributed by atoms with van der Waals surface area (Å²) in [6.45, 7) is 6.37. The van der Waals surface area contributed by atoms with Crippen LogP contribution >= 0.6 is 0 Å². The lowest BCUT2D eigenvalue weighted by Crippen LogP contribution is -2.15. The number of hydrogen-bond donors (Lipinski definition) is 2. The lowest BCUT2D eigenvalue weighted by Gasteiger charge is -2.19. The third-order valence-corrected chi connectivity index (χ3v) is 5.32. The topological polar surface area (TPSA) is 85.9 Å². The molecule has 34 heavy (non-hydrogen) atoms. The molecule has 0 atom stereocenters. The summed E-state index contributed by atoms with van der Waals surface area (Å²) in [5.41, 5.74) is 3.15. The van der Waals surface area contributed by atoms with Gasteiger partial charge < -0.3 is 24.8 Å². The lowest BCUT2D eigenvalue weighted by atomic mass is 9.87. The number of carbonyl (C=O) groups excluding carboxylic acids is 2. The highest BCUT2D eigenvalue weighted by Gasteiger charge is 2.18. The Balaban J connectivity index is 1.74. The fourth-order valence-corrected chi connectivity index (χ4v) is 3.42. The zero-order valence-electron chi connectivity index (χ0n) is 20.3. The van der Waals surface area contributed by atoms with Crippen molar-refractivity contribution < 1.29 is 23.8 Å². The van der Waals surface area contributed by atoms with Crippen LogP contribution in [0.2, 0.25) is 0 Å². The van der Waals surface area contributed by atoms with Gasteiger partial charge in [0.05, 0.1) is 21.3 Å². The predicted octanol–water partition coefficient (Wildman–Crippen LogP) is 5.51. The van der Waals surface area contributed by atoms with Gasteiger partial charge in [0.2, 0.25) is 5.75 Å². The van der Waals surface area contributed by atoms with Crippen molar-refractivity contribution in [3.05, 3.63) is 77.4 Å². The van der Waals surface area contributed by atoms with E-state index in [0.29, 0.717) is 39.8 Å². The first-order valence-electron chi connectivity index (χ1n) is 10.8. The van der Waals surface area contributed by atoms with E-state index < -0.39 is 0 Å². The van der Waals surface area contributed by atoms with Gasteiger partial charge in [-0.2, -0.15) is 0 Å². The fraction of sp³-hybridized carbons (Fsp3) is 0.259. The van der Waals surface area contributed by atoms with Crippen LogP contribution in [0.5, 0.6) is 17.2 Å². The minimum atomic E-state index is -0.361. The molecule has 0 aliphatic heterocycles. The smallest absolute Gasteiger partial charge is 0.255 e. The standard InChI is InChI=1S/C27H30N2O5/c1-27(2,3)19-12-10-17(11-13-19)25(30)28-20-8-7-9-21(16-20)29-26(31)18-14-22(32-4)24(34-6)23(15-18)33-5/h7-16H,1-6H3,(H,28,30)(H,29,31). The van der Waals surface area contributed by atoms with Crippen LogP contribution in [0.25, 0.3) is 0 Å². The largest absolute Gasteiger partial charge is 0.493 e. The van der Waals surface area contributed by atoms with Gasteiger partial charge in [-0.15, -0.1) is 0 Å². The Morgan fingerprint density at radius 2 is 1.18 bits per heavy atom. The molecular weight excluding hydrogens is 432 g/mol. The molecule has 0 bridgehead atoms. The van der Waals surface area contributed by atoms with Crippen LogP contribution in [0.3, 0.4) is 0 Å². The molecule has 3 aromatic carbocycles. The van der Waals surface area contributed by atoms with E-state index in [2.05, 4.69) is 31.4 Å². The average Bonchev–Trinajstić information content (AvgIpc) is 2.82. The maximum Gasteiger partial charge on any atom is 0.255 e. The van der Waals surface area contributed by atoms with Gasteiger partial charge in [0, 0.05) is 22.5 Å². The Hall–Kier alpha value is -4.00. The molecule has 0 unspecified atom stereocenters. The monoisotopic (exact) mass is 462 g/mol. The van der Waals surface area contributed by atoms with E-state index in [0.717, 1.165) is 5.56 Å². The van der Waals surface area contributed by atoms with Gasteiger partial charge in [-0.05, 0) is 53.4 Å². The number of benzene rings is 3. The normalized spacial score (nSPS) is 10.9. The summed E-state index contributed by atoms with van der Waals surface area (Å²) in [4.78, 5) is 25.6. The molecule has 2 amide bonds. The van der Waals surface area contributed by atoms with Gasteiger partial charge >= 0.3 is 0 Å². The summed E-state index contributed by atoms with van der Waals surface area (Å²) in [6, 6.07) is 17.6. The van der Waals surface area contributed by atoms with Gasteiger partial charge in [-0.1, -0.05) is 39.0 Å². The number of amides is 2. The van der Waals surface area contributed by atoms with E-state index in [-0.39, 0.29) is 17.2 Å². The molecule has 0 saturated carbocycles. The number of anilines is 2. The van der Waals surface area contributed by atoms with E-state index in [9.17, 15) is 9.59 Å². The minimum Gasteiger partial charge on any atom is -0.493 e. The number of methoxy groups -OCH3 is 3. The molecule has 0 heterocycles. The molecule has 7 heteroatoms. The molecule has 0 aromatic heterocycles. The Bertz CT molecular complexity index is 1160. The second-order valence-electron chi connectivity index (χ2n) is 8.73. The highest BCUT2D eigenvalue weighted by atomic mass is 16.5. The molecule has 0 spiro atoms. The molecule has 0 radical (unpaired) electrons. The van der Waals surface area contributed by atoms with Crippen molar-refractivity contribution in [2.75, 3.05) is 32.0 Å². The molecule has 0 fully saturated rings. The van der Waals surface area contributed by atoms with Gasteiger partial charge in [0.25, 0.3) is 11.8 Å². The van der Waals surface area contributed by atoms with Crippen LogP contribution in [0, 0.1) is 0 Å². The first kappa shape index (κ1) is 24.6. The van der Waals surface area contributed by atoms with E-state index in [1.54, 1.807) is 36.4 Å². The van der Waals surface area contributed by atoms with Crippen LogP contribution in [-0.2, 0) is 5.41 Å². The second-order valence-corrected chi connectivity index (χ2v) is 8.73. The lowest BCUT2D eigenvalue weighted by molar-refractivity contribution is 0.101. The van der Waals surface area contributed by atoms with E-state index in [1.807, 2.05) is 24.3 Å². The number of ether oxygens (including phenoxy) is 3. The zero-order chi connectivity index (χ0) is 24.9. The molecule has 3 aromatic rings. The average molecular weight is 463 g/mol. The van der Waals surface area contributed by atoms with Crippen LogP contribution in [0.4, 0.5) is 11.4 Å². The highest BCUT2D eigenvalue weighted by molar-refractivity contribution is 6.07. The van der Waals surface area contributed by atoms with E-state index >= 15 is 0 Å². The maximum atomic E-state index is 12.9. The third-order valence-electron chi connectivity index (χ3n) is 5.32. The third kappa shape index (κ3) is 5.67.